The van der Waals surface area contributed by atoms with Crippen LogP contribution in [0.15, 0.2) is 11.9 Å². The van der Waals surface area contributed by atoms with E-state index in [-0.39, 0.29) is 5.83 Å². The summed E-state index contributed by atoms with van der Waals surface area (Å²) in [5.74, 6) is -0.0384. The molecular formula is C11H21F. The summed E-state index contributed by atoms with van der Waals surface area (Å²) in [6, 6.07) is 0. The summed E-state index contributed by atoms with van der Waals surface area (Å²) >= 11 is 0. The Hall–Kier alpha value is -0.330. The van der Waals surface area contributed by atoms with E-state index in [0.717, 1.165) is 12.8 Å². The van der Waals surface area contributed by atoms with E-state index >= 15 is 0 Å². The second kappa shape index (κ2) is 8.76. The summed E-state index contributed by atoms with van der Waals surface area (Å²) in [5.41, 5.74) is 0. The molecule has 0 unspecified atom stereocenters. The number of allylic oxidation sites excluding steroid dienone is 2. The first-order valence-corrected chi connectivity index (χ1v) is 5.09. The summed E-state index contributed by atoms with van der Waals surface area (Å²) in [7, 11) is 0. The van der Waals surface area contributed by atoms with Crippen LogP contribution in [0.5, 0.6) is 0 Å². The van der Waals surface area contributed by atoms with Crippen LogP contribution in [0, 0.1) is 0 Å². The molecule has 0 spiro atoms. The molecule has 0 N–H and O–H groups in total. The minimum atomic E-state index is -0.0384. The second-order valence-electron chi connectivity index (χ2n) is 3.35. The molecule has 0 aliphatic heterocycles. The topological polar surface area (TPSA) is 0 Å². The lowest BCUT2D eigenvalue weighted by Crippen LogP contribution is -1.77. The molecule has 0 nitrogen and oxygen atoms in total. The van der Waals surface area contributed by atoms with E-state index < -0.39 is 0 Å². The van der Waals surface area contributed by atoms with Gasteiger partial charge in [-0.15, -0.1) is 0 Å². The van der Waals surface area contributed by atoms with Crippen LogP contribution in [-0.4, -0.2) is 0 Å². The van der Waals surface area contributed by atoms with Crippen LogP contribution in [0.2, 0.25) is 0 Å². The van der Waals surface area contributed by atoms with Gasteiger partial charge in [-0.3, -0.25) is 0 Å². The number of rotatable bonds is 7. The lowest BCUT2D eigenvalue weighted by atomic mass is 10.1. The zero-order valence-electron chi connectivity index (χ0n) is 8.41. The second-order valence-corrected chi connectivity index (χ2v) is 3.35. The van der Waals surface area contributed by atoms with E-state index in [4.69, 9.17) is 0 Å². The van der Waals surface area contributed by atoms with Crippen molar-refractivity contribution in [2.75, 3.05) is 0 Å². The first-order valence-electron chi connectivity index (χ1n) is 5.09. The Bertz CT molecular complexity index is 112. The Morgan fingerprint density at radius 1 is 1.08 bits per heavy atom. The number of hydrogen-bond donors (Lipinski definition) is 0. The molecular weight excluding hydrogens is 151 g/mol. The van der Waals surface area contributed by atoms with Crippen LogP contribution >= 0.6 is 0 Å². The van der Waals surface area contributed by atoms with E-state index in [1.165, 1.54) is 39.0 Å². The zero-order valence-corrected chi connectivity index (χ0v) is 8.41. The Labute approximate surface area is 75.9 Å². The fraction of sp³-hybridized carbons (Fsp3) is 0.818. The van der Waals surface area contributed by atoms with Gasteiger partial charge in [0.15, 0.2) is 0 Å². The van der Waals surface area contributed by atoms with E-state index in [1.807, 2.05) is 0 Å². The molecule has 0 saturated carbocycles. The normalized spacial score (nSPS) is 12.1. The van der Waals surface area contributed by atoms with Crippen molar-refractivity contribution in [3.63, 3.8) is 0 Å². The fourth-order valence-electron chi connectivity index (χ4n) is 1.23. The highest BCUT2D eigenvalue weighted by atomic mass is 19.1. The van der Waals surface area contributed by atoms with Crippen LogP contribution in [0.4, 0.5) is 4.39 Å². The molecule has 0 saturated heterocycles. The highest BCUT2D eigenvalue weighted by molar-refractivity contribution is 4.85. The molecule has 0 bridgehead atoms. The number of hydrogen-bond acceptors (Lipinski definition) is 0. The first kappa shape index (κ1) is 11.7. The van der Waals surface area contributed by atoms with E-state index in [0.29, 0.717) is 0 Å². The predicted molar refractivity (Wildman–Crippen MR) is 52.9 cm³/mol. The molecule has 72 valence electrons. The zero-order chi connectivity index (χ0) is 9.23. The van der Waals surface area contributed by atoms with E-state index in [9.17, 15) is 4.39 Å². The molecule has 0 atom stereocenters. The maximum atomic E-state index is 12.2. The van der Waals surface area contributed by atoms with Crippen molar-refractivity contribution in [2.24, 2.45) is 0 Å². The standard InChI is InChI=1S/C11H21F/c1-3-4-5-6-7-8-9-10-11(2)12/h10H,3-9H2,1-2H3/b11-10+. The van der Waals surface area contributed by atoms with Crippen molar-refractivity contribution in [3.8, 4) is 0 Å². The van der Waals surface area contributed by atoms with Gasteiger partial charge in [-0.2, -0.15) is 0 Å². The van der Waals surface area contributed by atoms with Crippen molar-refractivity contribution in [1.29, 1.82) is 0 Å². The summed E-state index contributed by atoms with van der Waals surface area (Å²) < 4.78 is 12.2. The molecule has 0 aromatic rings. The highest BCUT2D eigenvalue weighted by Crippen LogP contribution is 2.08. The van der Waals surface area contributed by atoms with Gasteiger partial charge in [0.1, 0.15) is 0 Å². The Balaban J connectivity index is 2.96. The van der Waals surface area contributed by atoms with Crippen LogP contribution in [0.25, 0.3) is 0 Å². The average Bonchev–Trinajstić information content (AvgIpc) is 2.02. The van der Waals surface area contributed by atoms with Crippen LogP contribution < -0.4 is 0 Å². The van der Waals surface area contributed by atoms with Gasteiger partial charge in [0.05, 0.1) is 5.83 Å². The molecule has 0 amide bonds. The molecule has 12 heavy (non-hydrogen) atoms. The smallest absolute Gasteiger partial charge is 0.0928 e. The van der Waals surface area contributed by atoms with Gasteiger partial charge in [0.2, 0.25) is 0 Å². The van der Waals surface area contributed by atoms with Crippen LogP contribution in [-0.2, 0) is 0 Å². The highest BCUT2D eigenvalue weighted by Gasteiger charge is 1.88. The van der Waals surface area contributed by atoms with E-state index in [2.05, 4.69) is 6.92 Å². The Kier molecular flexibility index (Phi) is 8.52. The van der Waals surface area contributed by atoms with Crippen molar-refractivity contribution in [3.05, 3.63) is 11.9 Å². The predicted octanol–water partition coefficient (Wildman–Crippen LogP) is 4.61. The molecule has 0 fully saturated rings. The van der Waals surface area contributed by atoms with Gasteiger partial charge in [-0.1, -0.05) is 45.1 Å². The van der Waals surface area contributed by atoms with Crippen molar-refractivity contribution in [1.82, 2.24) is 0 Å². The fourth-order valence-corrected chi connectivity index (χ4v) is 1.23. The summed E-state index contributed by atoms with van der Waals surface area (Å²) in [6.45, 7) is 3.73. The average molecular weight is 172 g/mol. The van der Waals surface area contributed by atoms with E-state index in [1.54, 1.807) is 6.08 Å². The Morgan fingerprint density at radius 3 is 2.25 bits per heavy atom. The molecule has 0 aliphatic rings. The molecule has 1 heteroatoms. The summed E-state index contributed by atoms with van der Waals surface area (Å²) in [6.07, 6.45) is 10.3. The van der Waals surface area contributed by atoms with Gasteiger partial charge < -0.3 is 0 Å². The van der Waals surface area contributed by atoms with Gasteiger partial charge in [-0.25, -0.2) is 4.39 Å². The van der Waals surface area contributed by atoms with Crippen molar-refractivity contribution >= 4 is 0 Å². The minimum absolute atomic E-state index is 0.0384. The SMILES string of the molecule is CCCCCCCC/C=C(\C)F. The Morgan fingerprint density at radius 2 is 1.67 bits per heavy atom. The maximum Gasteiger partial charge on any atom is 0.0928 e. The lowest BCUT2D eigenvalue weighted by molar-refractivity contribution is 0.599. The lowest BCUT2D eigenvalue weighted by Gasteiger charge is -1.97. The minimum Gasteiger partial charge on any atom is -0.212 e. The van der Waals surface area contributed by atoms with Gasteiger partial charge in [0, 0.05) is 0 Å². The number of unbranched alkanes of at least 4 members (excludes halogenated alkanes) is 6. The van der Waals surface area contributed by atoms with Gasteiger partial charge in [-0.05, 0) is 19.8 Å². The van der Waals surface area contributed by atoms with Crippen molar-refractivity contribution in [2.45, 2.75) is 58.8 Å². The molecule has 0 aromatic heterocycles. The largest absolute Gasteiger partial charge is 0.212 e. The molecule has 0 rings (SSSR count). The first-order chi connectivity index (χ1) is 5.77. The van der Waals surface area contributed by atoms with Crippen LogP contribution in [0.3, 0.4) is 0 Å². The number of halogens is 1. The third-order valence-corrected chi connectivity index (χ3v) is 1.98. The monoisotopic (exact) mass is 172 g/mol. The third-order valence-electron chi connectivity index (χ3n) is 1.98. The molecule has 0 aliphatic carbocycles. The quantitative estimate of drug-likeness (QED) is 0.492. The van der Waals surface area contributed by atoms with Gasteiger partial charge >= 0.3 is 0 Å². The third kappa shape index (κ3) is 9.67. The molecule has 0 aromatic carbocycles. The van der Waals surface area contributed by atoms with Crippen molar-refractivity contribution < 1.29 is 4.39 Å². The summed E-state index contributed by atoms with van der Waals surface area (Å²) in [5, 5.41) is 0. The van der Waals surface area contributed by atoms with Gasteiger partial charge in [0.25, 0.3) is 0 Å². The molecule has 0 heterocycles. The summed E-state index contributed by atoms with van der Waals surface area (Å²) in [4.78, 5) is 0. The van der Waals surface area contributed by atoms with Crippen LogP contribution in [0.1, 0.15) is 58.8 Å². The maximum absolute atomic E-state index is 12.2. The molecule has 0 radical (unpaired) electrons.